The molecule has 4 aromatic heterocycles. The lowest BCUT2D eigenvalue weighted by Crippen LogP contribution is -2.50. The Morgan fingerprint density at radius 2 is 1.89 bits per heavy atom. The molecular weight excluding hydrogens is 592 g/mol. The van der Waals surface area contributed by atoms with Crippen LogP contribution in [-0.4, -0.2) is 72.1 Å². The number of benzene rings is 1. The fraction of sp³-hybridized carbons (Fsp3) is 0.419. The van der Waals surface area contributed by atoms with Gasteiger partial charge in [0.05, 0.1) is 36.1 Å². The zero-order valence-corrected chi connectivity index (χ0v) is 25.0. The van der Waals surface area contributed by atoms with Crippen LogP contribution in [0.15, 0.2) is 36.5 Å². The average molecular weight is 625 g/mol. The highest BCUT2D eigenvalue weighted by atomic mass is 19.4. The normalized spacial score (nSPS) is 19.2. The van der Waals surface area contributed by atoms with E-state index in [1.807, 2.05) is 22.2 Å². The lowest BCUT2D eigenvalue weighted by molar-refractivity contribution is -0.141. The minimum atomic E-state index is -4.63. The minimum Gasteiger partial charge on any atom is -0.494 e. The molecule has 0 spiro atoms. The van der Waals surface area contributed by atoms with E-state index in [-0.39, 0.29) is 36.7 Å². The number of carbonyl (C=O) groups is 1. The molecule has 2 atom stereocenters. The number of likely N-dealkylation sites (tertiary alicyclic amines) is 1. The zero-order valence-electron chi connectivity index (χ0n) is 25.0. The van der Waals surface area contributed by atoms with Gasteiger partial charge >= 0.3 is 6.18 Å². The fourth-order valence-corrected chi connectivity index (χ4v) is 6.33. The highest BCUT2D eigenvalue weighted by Gasteiger charge is 2.38. The number of alkyl halides is 4. The monoisotopic (exact) mass is 624 g/mol. The lowest BCUT2D eigenvalue weighted by atomic mass is 10.0. The van der Waals surface area contributed by atoms with Crippen LogP contribution in [-0.2, 0) is 26.8 Å². The number of methoxy groups -OCH3 is 1. The third-order valence-electron chi connectivity index (χ3n) is 8.60. The number of rotatable bonds is 6. The molecule has 5 heterocycles. The second-order valence-electron chi connectivity index (χ2n) is 12.1. The first-order chi connectivity index (χ1) is 21.4. The third kappa shape index (κ3) is 5.20. The van der Waals surface area contributed by atoms with E-state index < -0.39 is 24.1 Å². The molecule has 1 amide bonds. The second-order valence-corrected chi connectivity index (χ2v) is 12.1. The molecule has 2 fully saturated rings. The predicted molar refractivity (Wildman–Crippen MR) is 159 cm³/mol. The van der Waals surface area contributed by atoms with Gasteiger partial charge in [0.15, 0.2) is 11.5 Å². The second kappa shape index (κ2) is 10.6. The molecule has 1 saturated carbocycles. The molecule has 14 heteroatoms. The molecule has 0 unspecified atom stereocenters. The molecule has 7 rings (SSSR count). The van der Waals surface area contributed by atoms with Crippen LogP contribution in [0.25, 0.3) is 44.8 Å². The molecule has 0 radical (unpaired) electrons. The predicted octanol–water partition coefficient (Wildman–Crippen LogP) is 4.94. The van der Waals surface area contributed by atoms with Gasteiger partial charge < -0.3 is 24.5 Å². The van der Waals surface area contributed by atoms with E-state index >= 15 is 0 Å². The van der Waals surface area contributed by atoms with Crippen molar-refractivity contribution in [1.29, 1.82) is 0 Å². The van der Waals surface area contributed by atoms with Crippen LogP contribution in [0.2, 0.25) is 0 Å². The maximum atomic E-state index is 14.2. The molecule has 2 aliphatic rings. The van der Waals surface area contributed by atoms with Crippen LogP contribution < -0.4 is 10.5 Å². The van der Waals surface area contributed by atoms with Gasteiger partial charge in [-0.1, -0.05) is 0 Å². The number of carbonyl (C=O) groups excluding carboxylic acids is 1. The highest BCUT2D eigenvalue weighted by molar-refractivity contribution is 6.00. The summed E-state index contributed by atoms with van der Waals surface area (Å²) in [5.74, 6) is 1.07. The van der Waals surface area contributed by atoms with Crippen molar-refractivity contribution in [1.82, 2.24) is 33.8 Å². The number of amides is 1. The van der Waals surface area contributed by atoms with Gasteiger partial charge in [-0.2, -0.15) is 18.3 Å². The average Bonchev–Trinajstić information content (AvgIpc) is 3.47. The standard InChI is InChI=1S/C31H32F4N8O2/c1-40-15-21(27(39-40)31(33,34)35)22-7-6-17-9-24(43(28(17)37-22)12-16-4-5-16)29-38-23-8-18(10-25(45-3)26(23)41(29)2)30(44)42-13-19(32)11-20(36)14-42/h6-10,15-16,19-20H,4-5,11-14,36H2,1-3H3/t19-,20-/m1/s1. The summed E-state index contributed by atoms with van der Waals surface area (Å²) in [6.45, 7) is 0.852. The van der Waals surface area contributed by atoms with Crippen LogP contribution in [0.1, 0.15) is 35.3 Å². The van der Waals surface area contributed by atoms with Crippen molar-refractivity contribution in [2.45, 2.75) is 44.2 Å². The Bertz CT molecular complexity index is 1940. The van der Waals surface area contributed by atoms with Crippen molar-refractivity contribution in [2.24, 2.45) is 25.7 Å². The van der Waals surface area contributed by atoms with E-state index in [0.717, 1.165) is 28.6 Å². The number of pyridine rings is 1. The maximum absolute atomic E-state index is 14.2. The molecule has 5 aromatic rings. The van der Waals surface area contributed by atoms with Gasteiger partial charge in [-0.15, -0.1) is 0 Å². The van der Waals surface area contributed by atoms with Crippen LogP contribution in [0.3, 0.4) is 0 Å². The highest BCUT2D eigenvalue weighted by Crippen LogP contribution is 2.40. The van der Waals surface area contributed by atoms with Crippen molar-refractivity contribution >= 4 is 28.0 Å². The van der Waals surface area contributed by atoms with Crippen LogP contribution in [0.5, 0.6) is 5.75 Å². The molecule has 10 nitrogen and oxygen atoms in total. The Morgan fingerprint density at radius 3 is 2.58 bits per heavy atom. The van der Waals surface area contributed by atoms with Gasteiger partial charge in [-0.05, 0) is 55.5 Å². The molecule has 2 N–H and O–H groups in total. The van der Waals surface area contributed by atoms with Gasteiger partial charge in [-0.3, -0.25) is 9.48 Å². The van der Waals surface area contributed by atoms with Crippen molar-refractivity contribution in [2.75, 3.05) is 20.2 Å². The Kier molecular flexibility index (Phi) is 6.87. The first-order valence-electron chi connectivity index (χ1n) is 14.8. The number of imidazole rings is 1. The summed E-state index contributed by atoms with van der Waals surface area (Å²) < 4.78 is 66.4. The molecule has 1 aliphatic carbocycles. The quantitative estimate of drug-likeness (QED) is 0.268. The molecular formula is C31H32F4N8O2. The Labute approximate surface area is 255 Å². The summed E-state index contributed by atoms with van der Waals surface area (Å²) in [5, 5.41) is 4.40. The number of halogens is 4. The number of ether oxygens (including phenoxy) is 1. The summed E-state index contributed by atoms with van der Waals surface area (Å²) in [7, 11) is 4.80. The van der Waals surface area contributed by atoms with E-state index in [9.17, 15) is 22.4 Å². The van der Waals surface area contributed by atoms with E-state index in [1.165, 1.54) is 25.3 Å². The first kappa shape index (κ1) is 29.3. The lowest BCUT2D eigenvalue weighted by Gasteiger charge is -2.33. The van der Waals surface area contributed by atoms with Crippen molar-refractivity contribution in [3.8, 4) is 28.5 Å². The van der Waals surface area contributed by atoms with Gasteiger partial charge in [0.1, 0.15) is 23.1 Å². The van der Waals surface area contributed by atoms with Crippen LogP contribution >= 0.6 is 0 Å². The summed E-state index contributed by atoms with van der Waals surface area (Å²) >= 11 is 0. The molecule has 1 saturated heterocycles. The zero-order chi connectivity index (χ0) is 31.8. The number of aromatic nitrogens is 6. The maximum Gasteiger partial charge on any atom is 0.435 e. The largest absolute Gasteiger partial charge is 0.494 e. The van der Waals surface area contributed by atoms with Crippen LogP contribution in [0, 0.1) is 5.92 Å². The molecule has 0 bridgehead atoms. The van der Waals surface area contributed by atoms with E-state index in [1.54, 1.807) is 24.3 Å². The Morgan fingerprint density at radius 1 is 1.11 bits per heavy atom. The van der Waals surface area contributed by atoms with Gasteiger partial charge in [0.2, 0.25) is 0 Å². The van der Waals surface area contributed by atoms with Gasteiger partial charge in [-0.25, -0.2) is 14.4 Å². The Balaban J connectivity index is 1.35. The van der Waals surface area contributed by atoms with Gasteiger partial charge in [0.25, 0.3) is 5.91 Å². The number of hydrogen-bond donors (Lipinski definition) is 1. The number of piperidine rings is 1. The number of nitrogens with zero attached hydrogens (tertiary/aromatic N) is 7. The number of nitrogens with two attached hydrogens (primary N) is 1. The number of hydrogen-bond acceptors (Lipinski definition) is 6. The van der Waals surface area contributed by atoms with E-state index in [2.05, 4.69) is 5.10 Å². The van der Waals surface area contributed by atoms with Gasteiger partial charge in [0, 0.05) is 50.4 Å². The number of fused-ring (bicyclic) bond motifs is 2. The van der Waals surface area contributed by atoms with Crippen molar-refractivity contribution in [3.63, 3.8) is 0 Å². The molecule has 45 heavy (non-hydrogen) atoms. The molecule has 236 valence electrons. The fourth-order valence-electron chi connectivity index (χ4n) is 6.33. The van der Waals surface area contributed by atoms with Crippen molar-refractivity contribution < 1.29 is 27.1 Å². The summed E-state index contributed by atoms with van der Waals surface area (Å²) in [6.07, 6.45) is -2.19. The number of aryl methyl sites for hydroxylation is 2. The summed E-state index contributed by atoms with van der Waals surface area (Å²) in [5.41, 5.74) is 7.84. The summed E-state index contributed by atoms with van der Waals surface area (Å²) in [6, 6.07) is 8.12. The van der Waals surface area contributed by atoms with E-state index in [4.69, 9.17) is 20.4 Å². The molecule has 1 aliphatic heterocycles. The summed E-state index contributed by atoms with van der Waals surface area (Å²) in [4.78, 5) is 24.5. The third-order valence-corrected chi connectivity index (χ3v) is 8.60. The molecule has 1 aromatic carbocycles. The first-order valence-corrected chi connectivity index (χ1v) is 14.8. The minimum absolute atomic E-state index is 0.0277. The Hall–Kier alpha value is -4.46. The van der Waals surface area contributed by atoms with E-state index in [0.29, 0.717) is 46.3 Å². The smallest absolute Gasteiger partial charge is 0.435 e. The van der Waals surface area contributed by atoms with Crippen LogP contribution in [0.4, 0.5) is 17.6 Å². The topological polar surface area (TPSA) is 109 Å². The SMILES string of the molecule is COc1cc(C(=O)N2C[C@H](N)C[C@@H](F)C2)cc2nc(-c3cc4ccc(-c5cn(C)nc5C(F)(F)F)nc4n3CC3CC3)n(C)c12. The van der Waals surface area contributed by atoms with Crippen molar-refractivity contribution in [3.05, 3.63) is 47.8 Å².